The van der Waals surface area contributed by atoms with Crippen LogP contribution in [0.2, 0.25) is 0 Å². The molecular weight excluding hydrogens is 697 g/mol. The first-order valence-corrected chi connectivity index (χ1v) is 18.0. The minimum atomic E-state index is -5.03. The van der Waals surface area contributed by atoms with Crippen LogP contribution in [0.1, 0.15) is 69.7 Å². The maximum Gasteiger partial charge on any atom is 0.418 e. The van der Waals surface area contributed by atoms with Crippen molar-refractivity contribution in [1.29, 1.82) is 5.41 Å². The average molecular weight is 735 g/mol. The Labute approximate surface area is 290 Å². The fourth-order valence-electron chi connectivity index (χ4n) is 7.09. The van der Waals surface area contributed by atoms with E-state index in [2.05, 4.69) is 25.1 Å². The van der Waals surface area contributed by atoms with Gasteiger partial charge in [0.1, 0.15) is 23.3 Å². The lowest BCUT2D eigenvalue weighted by Gasteiger charge is -2.57. The fraction of sp³-hybridized carbons (Fsp3) is 0.533. The van der Waals surface area contributed by atoms with Gasteiger partial charge in [0.2, 0.25) is 0 Å². The summed E-state index contributed by atoms with van der Waals surface area (Å²) in [4.78, 5) is 48.4. The zero-order valence-corrected chi connectivity index (χ0v) is 29.0. The molecule has 9 N–H and O–H groups in total. The Morgan fingerprint density at radius 3 is 2.52 bits per heavy atom. The van der Waals surface area contributed by atoms with Gasteiger partial charge in [-0.2, -0.15) is 13.5 Å². The summed E-state index contributed by atoms with van der Waals surface area (Å²) >= 11 is 0.966. The summed E-state index contributed by atoms with van der Waals surface area (Å²) in [5.41, 5.74) is 9.36. The number of oxime groups is 1. The molecule has 3 fully saturated rings. The van der Waals surface area contributed by atoms with Gasteiger partial charge in [-0.1, -0.05) is 5.16 Å². The van der Waals surface area contributed by atoms with Gasteiger partial charge in [-0.15, -0.1) is 15.6 Å². The second-order valence-electron chi connectivity index (χ2n) is 14.0. The fourth-order valence-corrected chi connectivity index (χ4v) is 8.09. The Morgan fingerprint density at radius 2 is 1.94 bits per heavy atom. The molecule has 2 aliphatic heterocycles. The molecule has 1 spiro atoms. The number of ether oxygens (including phenoxy) is 1. The molecule has 20 heteroatoms. The van der Waals surface area contributed by atoms with Gasteiger partial charge in [0, 0.05) is 23.0 Å². The topological polar surface area (TPSA) is 282 Å². The van der Waals surface area contributed by atoms with Crippen LogP contribution in [0, 0.1) is 10.8 Å². The lowest BCUT2D eigenvalue weighted by atomic mass is 9.52. The van der Waals surface area contributed by atoms with Crippen molar-refractivity contribution < 1.29 is 46.3 Å². The molecule has 1 saturated heterocycles. The van der Waals surface area contributed by atoms with Gasteiger partial charge in [0.05, 0.1) is 5.54 Å². The summed E-state index contributed by atoms with van der Waals surface area (Å²) in [5.74, 6) is -2.74. The van der Waals surface area contributed by atoms with E-state index in [1.54, 1.807) is 12.1 Å². The normalized spacial score (nSPS) is 28.1. The number of nitrogen functional groups attached to an aromatic ring is 1. The van der Waals surface area contributed by atoms with Crippen LogP contribution < -0.4 is 26.8 Å². The van der Waals surface area contributed by atoms with Gasteiger partial charge >= 0.3 is 16.4 Å². The minimum absolute atomic E-state index is 0.0591. The van der Waals surface area contributed by atoms with E-state index in [-0.39, 0.29) is 29.3 Å². The highest BCUT2D eigenvalue weighted by Crippen LogP contribution is 2.55. The highest BCUT2D eigenvalue weighted by atomic mass is 32.3. The Morgan fingerprint density at radius 1 is 1.24 bits per heavy atom. The van der Waals surface area contributed by atoms with Crippen molar-refractivity contribution >= 4 is 56.2 Å². The molecule has 0 radical (unpaired) electrons. The number of benzene rings is 1. The van der Waals surface area contributed by atoms with E-state index in [0.29, 0.717) is 34.0 Å². The molecule has 0 bridgehead atoms. The van der Waals surface area contributed by atoms with E-state index < -0.39 is 57.2 Å². The Balaban J connectivity index is 1.15. The van der Waals surface area contributed by atoms with E-state index in [1.807, 2.05) is 6.07 Å². The van der Waals surface area contributed by atoms with Crippen molar-refractivity contribution in [1.82, 2.24) is 20.7 Å². The number of carbonyl (C=O) groups excluding carboxylic acids is 2. The molecule has 2 aliphatic carbocycles. The number of thiazole rings is 1. The number of nitrogens with one attached hydrogen (secondary N) is 3. The highest BCUT2D eigenvalue weighted by Gasteiger charge is 2.58. The first-order valence-electron chi connectivity index (χ1n) is 15.7. The van der Waals surface area contributed by atoms with Crippen molar-refractivity contribution in [3.63, 3.8) is 0 Å². The third-order valence-electron chi connectivity index (χ3n) is 9.86. The van der Waals surface area contributed by atoms with Crippen LogP contribution in [0.4, 0.5) is 5.13 Å². The molecule has 1 aromatic carbocycles. The Kier molecular flexibility index (Phi) is 8.82. The third kappa shape index (κ3) is 6.60. The Hall–Kier alpha value is -4.37. The molecule has 50 heavy (non-hydrogen) atoms. The van der Waals surface area contributed by atoms with E-state index in [0.717, 1.165) is 42.6 Å². The SMILES string of the molecule is CC1(C)[C@H](NC(=O)/C(=N\O[C@](C)(C(=O)O)[C@H]2CCc3cc(C(=N)NC4CC5(CC(N)C5)C4)ccc3O2)c2csc(N)n2)C(=O)N1OS(=O)(=O)O. The number of aryl methyl sites for hydroxylation is 1. The quantitative estimate of drug-likeness (QED) is 0.0551. The van der Waals surface area contributed by atoms with Crippen molar-refractivity contribution in [3.8, 4) is 5.75 Å². The van der Waals surface area contributed by atoms with E-state index in [9.17, 15) is 27.9 Å². The van der Waals surface area contributed by atoms with Gasteiger partial charge in [-0.25, -0.2) is 9.78 Å². The number of aromatic nitrogens is 1. The van der Waals surface area contributed by atoms with Crippen molar-refractivity contribution in [3.05, 3.63) is 40.4 Å². The second kappa shape index (κ2) is 12.4. The molecule has 3 atom stereocenters. The number of fused-ring (bicyclic) bond motifs is 1. The maximum atomic E-state index is 13.5. The van der Waals surface area contributed by atoms with E-state index in [1.165, 1.54) is 26.2 Å². The van der Waals surface area contributed by atoms with Gasteiger partial charge in [-0.3, -0.25) is 19.6 Å². The number of carboxylic acid groups (broad SMARTS) is 1. The van der Waals surface area contributed by atoms with Crippen LogP contribution >= 0.6 is 11.3 Å². The zero-order chi connectivity index (χ0) is 36.4. The van der Waals surface area contributed by atoms with Crippen molar-refractivity contribution in [2.45, 2.75) is 94.7 Å². The molecule has 2 amide bonds. The number of β-lactam (4-membered cyclic amide) rings is 1. The number of rotatable bonds is 11. The van der Waals surface area contributed by atoms with E-state index >= 15 is 0 Å². The second-order valence-corrected chi connectivity index (χ2v) is 15.9. The first kappa shape index (κ1) is 35.5. The minimum Gasteiger partial charge on any atom is -0.485 e. The Bertz CT molecular complexity index is 1880. The van der Waals surface area contributed by atoms with Gasteiger partial charge in [-0.05, 0) is 88.5 Å². The molecule has 6 rings (SSSR count). The average Bonchev–Trinajstić information content (AvgIpc) is 3.44. The number of hydroxylamine groups is 2. The monoisotopic (exact) mass is 734 g/mol. The van der Waals surface area contributed by atoms with Crippen molar-refractivity contribution in [2.24, 2.45) is 16.3 Å². The molecule has 18 nitrogen and oxygen atoms in total. The molecule has 1 aromatic heterocycles. The number of nitrogens with zero attached hydrogens (tertiary/aromatic N) is 3. The third-order valence-corrected chi connectivity index (χ3v) is 10.9. The van der Waals surface area contributed by atoms with Crippen LogP contribution in [0.5, 0.6) is 5.75 Å². The van der Waals surface area contributed by atoms with Crippen LogP contribution in [-0.2, 0) is 40.3 Å². The van der Waals surface area contributed by atoms with Crippen LogP contribution in [-0.4, -0.2) is 92.8 Å². The van der Waals surface area contributed by atoms with E-state index in [4.69, 9.17) is 31.0 Å². The number of aliphatic carboxylic acids is 1. The van der Waals surface area contributed by atoms with Gasteiger partial charge in [0.25, 0.3) is 17.4 Å². The number of anilines is 1. The molecule has 0 unspecified atom stereocenters. The number of hydrogen-bond acceptors (Lipinski definition) is 14. The number of hydrogen-bond donors (Lipinski definition) is 7. The summed E-state index contributed by atoms with van der Waals surface area (Å²) in [6, 6.07) is 4.41. The van der Waals surface area contributed by atoms with Crippen LogP contribution in [0.25, 0.3) is 0 Å². The largest absolute Gasteiger partial charge is 0.485 e. The molecule has 3 heterocycles. The van der Waals surface area contributed by atoms with Crippen LogP contribution in [0.15, 0.2) is 28.7 Å². The smallest absolute Gasteiger partial charge is 0.418 e. The predicted molar refractivity (Wildman–Crippen MR) is 177 cm³/mol. The molecule has 4 aliphatic rings. The summed E-state index contributed by atoms with van der Waals surface area (Å²) < 4.78 is 41.8. The van der Waals surface area contributed by atoms with Crippen molar-refractivity contribution in [2.75, 3.05) is 5.73 Å². The highest BCUT2D eigenvalue weighted by molar-refractivity contribution is 7.80. The van der Waals surface area contributed by atoms with Crippen LogP contribution in [0.3, 0.4) is 0 Å². The molecule has 2 saturated carbocycles. The lowest BCUT2D eigenvalue weighted by molar-refractivity contribution is -0.218. The summed E-state index contributed by atoms with van der Waals surface area (Å²) in [7, 11) is -5.03. The summed E-state index contributed by atoms with van der Waals surface area (Å²) in [5, 5.41) is 30.3. The lowest BCUT2D eigenvalue weighted by Crippen LogP contribution is -2.76. The summed E-state index contributed by atoms with van der Waals surface area (Å²) in [6.07, 6.45) is 3.59. The number of carbonyl (C=O) groups is 3. The molecule has 270 valence electrons. The standard InChI is InChI=1S/C30H38N8O10S2/c1-28(2)22(25(40)38(28)48-50(43,44)45)36-24(39)21(18-13-49-27(33)35-18)37-47-29(3,26(41)42)20-7-5-14-8-15(4-6-19(14)46-20)23(32)34-17-11-30(12-17)9-16(31)10-30/h4,6,8,13,16-17,20,22H,5,7,9-12,31H2,1-3H3,(H2,32,34)(H2,33,35)(H,36,39)(H,41,42)(H,43,44,45)/b37-21-/t16?,17?,20-,22-,29+,30?/m1/s1. The maximum absolute atomic E-state index is 13.5. The number of amidine groups is 1. The van der Waals surface area contributed by atoms with Gasteiger partial charge in [0.15, 0.2) is 16.9 Å². The number of carboxylic acids is 1. The molecular formula is C30H38N8O10S2. The number of amides is 2. The molecule has 2 aromatic rings. The first-order chi connectivity index (χ1) is 23.3. The predicted octanol–water partition coefficient (Wildman–Crippen LogP) is 0.708. The van der Waals surface area contributed by atoms with Gasteiger partial charge < -0.3 is 36.8 Å². The summed E-state index contributed by atoms with van der Waals surface area (Å²) in [6.45, 7) is 3.99. The zero-order valence-electron chi connectivity index (χ0n) is 27.3. The number of nitrogens with two attached hydrogens (primary N) is 2.